The van der Waals surface area contributed by atoms with Crippen molar-refractivity contribution in [2.24, 2.45) is 5.92 Å². The van der Waals surface area contributed by atoms with Crippen LogP contribution in [-0.4, -0.2) is 39.2 Å². The monoisotopic (exact) mass is 400 g/mol. The highest BCUT2D eigenvalue weighted by atomic mass is 19.1. The maximum atomic E-state index is 13.8. The number of rotatable bonds is 5. The van der Waals surface area contributed by atoms with E-state index >= 15 is 0 Å². The predicted molar refractivity (Wildman–Crippen MR) is 110 cm³/mol. The van der Waals surface area contributed by atoms with Crippen molar-refractivity contribution in [1.82, 2.24) is 9.47 Å². The summed E-state index contributed by atoms with van der Waals surface area (Å²) in [4.78, 5) is 14.4. The molecule has 1 aromatic heterocycles. The Bertz CT molecular complexity index is 1010. The summed E-state index contributed by atoms with van der Waals surface area (Å²) in [5, 5.41) is 12.4. The second-order valence-corrected chi connectivity index (χ2v) is 8.41. The number of nitrogens with zero attached hydrogens (tertiary/aromatic N) is 2. The summed E-state index contributed by atoms with van der Waals surface area (Å²) in [5.74, 6) is -0.654. The standard InChI is InChI=1S/C23H26F2N2O2/c1-3-15-5-4-10-26(22(15)28)13-23(2,29)14-27-20-8-6-16(24)11-18(20)19-12-17(25)7-9-21(19)27/h6-9,11-12,15,29H,3-5,10,13-14H2,1-2H3. The molecule has 3 aromatic rings. The number of benzene rings is 2. The Morgan fingerprint density at radius 1 is 1.07 bits per heavy atom. The van der Waals surface area contributed by atoms with Crippen molar-refractivity contribution in [2.75, 3.05) is 13.1 Å². The van der Waals surface area contributed by atoms with Gasteiger partial charge in [0.1, 0.15) is 11.6 Å². The Kier molecular flexibility index (Phi) is 5.07. The number of fused-ring (bicyclic) bond motifs is 3. The Morgan fingerprint density at radius 3 is 2.21 bits per heavy atom. The Morgan fingerprint density at radius 2 is 1.66 bits per heavy atom. The third kappa shape index (κ3) is 3.73. The van der Waals surface area contributed by atoms with Crippen LogP contribution in [-0.2, 0) is 11.3 Å². The van der Waals surface area contributed by atoms with Gasteiger partial charge < -0.3 is 14.6 Å². The maximum absolute atomic E-state index is 13.8. The summed E-state index contributed by atoms with van der Waals surface area (Å²) in [6, 6.07) is 8.81. The van der Waals surface area contributed by atoms with E-state index in [-0.39, 0.29) is 24.9 Å². The average molecular weight is 400 g/mol. The summed E-state index contributed by atoms with van der Waals surface area (Å²) < 4.78 is 29.6. The molecule has 1 aliphatic rings. The summed E-state index contributed by atoms with van der Waals surface area (Å²) >= 11 is 0. The van der Waals surface area contributed by atoms with Crippen molar-refractivity contribution in [2.45, 2.75) is 45.3 Å². The first-order valence-corrected chi connectivity index (χ1v) is 10.2. The van der Waals surface area contributed by atoms with E-state index in [2.05, 4.69) is 0 Å². The predicted octanol–water partition coefficient (Wildman–Crippen LogP) is 4.47. The Labute approximate surface area is 168 Å². The van der Waals surface area contributed by atoms with Gasteiger partial charge >= 0.3 is 0 Å². The number of halogens is 2. The number of aromatic nitrogens is 1. The molecule has 1 saturated heterocycles. The Balaban J connectivity index is 1.70. The van der Waals surface area contributed by atoms with Crippen LogP contribution in [0.3, 0.4) is 0 Å². The van der Waals surface area contributed by atoms with Crippen molar-refractivity contribution in [3.8, 4) is 0 Å². The first kappa shape index (κ1) is 19.8. The van der Waals surface area contributed by atoms with Gasteiger partial charge in [-0.05, 0) is 62.6 Å². The van der Waals surface area contributed by atoms with E-state index in [0.29, 0.717) is 17.3 Å². The zero-order valence-electron chi connectivity index (χ0n) is 16.8. The molecule has 2 aromatic carbocycles. The number of carbonyl (C=O) groups excluding carboxylic acids is 1. The molecule has 29 heavy (non-hydrogen) atoms. The summed E-state index contributed by atoms with van der Waals surface area (Å²) in [7, 11) is 0. The topological polar surface area (TPSA) is 45.5 Å². The molecule has 4 nitrogen and oxygen atoms in total. The minimum atomic E-state index is -1.19. The van der Waals surface area contributed by atoms with Crippen LogP contribution in [0.4, 0.5) is 8.78 Å². The van der Waals surface area contributed by atoms with Crippen molar-refractivity contribution in [3.63, 3.8) is 0 Å². The van der Waals surface area contributed by atoms with E-state index in [0.717, 1.165) is 30.3 Å². The number of amides is 1. The zero-order valence-corrected chi connectivity index (χ0v) is 16.8. The highest BCUT2D eigenvalue weighted by molar-refractivity contribution is 6.08. The van der Waals surface area contributed by atoms with Crippen LogP contribution in [0, 0.1) is 17.6 Å². The van der Waals surface area contributed by atoms with Gasteiger partial charge in [0, 0.05) is 34.3 Å². The molecule has 0 spiro atoms. The molecule has 6 heteroatoms. The number of β-amino-alcohol motifs (C(OH)–C–C–N with tert-alkyl or cyclic N) is 1. The minimum absolute atomic E-state index is 0.0266. The molecule has 0 aliphatic carbocycles. The minimum Gasteiger partial charge on any atom is -0.386 e. The second kappa shape index (κ2) is 7.41. The normalized spacial score (nSPS) is 19.8. The van der Waals surface area contributed by atoms with Crippen molar-refractivity contribution in [3.05, 3.63) is 48.0 Å². The zero-order chi connectivity index (χ0) is 20.8. The molecule has 1 fully saturated rings. The lowest BCUT2D eigenvalue weighted by Crippen LogP contribution is -2.50. The van der Waals surface area contributed by atoms with E-state index < -0.39 is 17.2 Å². The van der Waals surface area contributed by atoms with Crippen molar-refractivity contribution >= 4 is 27.7 Å². The van der Waals surface area contributed by atoms with E-state index in [1.165, 1.54) is 24.3 Å². The largest absolute Gasteiger partial charge is 0.386 e. The molecule has 2 atom stereocenters. The smallest absolute Gasteiger partial charge is 0.225 e. The van der Waals surface area contributed by atoms with Gasteiger partial charge in [-0.15, -0.1) is 0 Å². The third-order valence-corrected chi connectivity index (χ3v) is 5.95. The molecule has 2 heterocycles. The van der Waals surface area contributed by atoms with Crippen molar-refractivity contribution in [1.29, 1.82) is 0 Å². The average Bonchev–Trinajstić information content (AvgIpc) is 2.95. The van der Waals surface area contributed by atoms with Gasteiger partial charge in [0.25, 0.3) is 0 Å². The molecule has 1 amide bonds. The highest BCUT2D eigenvalue weighted by Crippen LogP contribution is 2.32. The summed E-state index contributed by atoms with van der Waals surface area (Å²) in [5.41, 5.74) is 0.264. The fourth-order valence-electron chi connectivity index (χ4n) is 4.58. The van der Waals surface area contributed by atoms with Crippen LogP contribution >= 0.6 is 0 Å². The molecule has 1 N–H and O–H groups in total. The van der Waals surface area contributed by atoms with Gasteiger partial charge in [-0.1, -0.05) is 6.92 Å². The van der Waals surface area contributed by atoms with Crippen LogP contribution in [0.1, 0.15) is 33.1 Å². The van der Waals surface area contributed by atoms with E-state index in [4.69, 9.17) is 0 Å². The lowest BCUT2D eigenvalue weighted by atomic mass is 9.93. The fourth-order valence-corrected chi connectivity index (χ4v) is 4.58. The van der Waals surface area contributed by atoms with Crippen LogP contribution < -0.4 is 0 Å². The van der Waals surface area contributed by atoms with Crippen LogP contribution in [0.15, 0.2) is 36.4 Å². The van der Waals surface area contributed by atoms with Crippen LogP contribution in [0.2, 0.25) is 0 Å². The number of hydrogen-bond donors (Lipinski definition) is 1. The van der Waals surface area contributed by atoms with Gasteiger partial charge in [-0.2, -0.15) is 0 Å². The summed E-state index contributed by atoms with van der Waals surface area (Å²) in [6.07, 6.45) is 2.65. The first-order valence-electron chi connectivity index (χ1n) is 10.2. The lowest BCUT2D eigenvalue weighted by Gasteiger charge is -2.37. The number of likely N-dealkylation sites (tertiary alicyclic amines) is 1. The van der Waals surface area contributed by atoms with Gasteiger partial charge in [0.15, 0.2) is 0 Å². The van der Waals surface area contributed by atoms with E-state index in [1.807, 2.05) is 11.5 Å². The van der Waals surface area contributed by atoms with Gasteiger partial charge in [-0.3, -0.25) is 4.79 Å². The van der Waals surface area contributed by atoms with E-state index in [9.17, 15) is 18.7 Å². The van der Waals surface area contributed by atoms with Crippen LogP contribution in [0.5, 0.6) is 0 Å². The van der Waals surface area contributed by atoms with Gasteiger partial charge in [-0.25, -0.2) is 8.78 Å². The molecule has 1 aliphatic heterocycles. The molecule has 154 valence electrons. The van der Waals surface area contributed by atoms with Crippen LogP contribution in [0.25, 0.3) is 21.8 Å². The molecular weight excluding hydrogens is 374 g/mol. The number of carbonyl (C=O) groups is 1. The highest BCUT2D eigenvalue weighted by Gasteiger charge is 2.33. The van der Waals surface area contributed by atoms with E-state index in [1.54, 1.807) is 24.0 Å². The van der Waals surface area contributed by atoms with Crippen molar-refractivity contribution < 1.29 is 18.7 Å². The number of aliphatic hydroxyl groups is 1. The summed E-state index contributed by atoms with van der Waals surface area (Å²) in [6.45, 7) is 4.81. The number of piperidine rings is 1. The molecular formula is C23H26F2N2O2. The maximum Gasteiger partial charge on any atom is 0.225 e. The SMILES string of the molecule is CCC1CCCN(CC(C)(O)Cn2c3ccc(F)cc3c3cc(F)ccc32)C1=O. The number of hydrogen-bond acceptors (Lipinski definition) is 2. The quantitative estimate of drug-likeness (QED) is 0.687. The fraction of sp³-hybridized carbons (Fsp3) is 0.435. The molecule has 0 radical (unpaired) electrons. The molecule has 0 saturated carbocycles. The van der Waals surface area contributed by atoms with Gasteiger partial charge in [0.05, 0.1) is 18.7 Å². The molecule has 2 unspecified atom stereocenters. The Hall–Kier alpha value is -2.47. The third-order valence-electron chi connectivity index (χ3n) is 5.95. The van der Waals surface area contributed by atoms with Gasteiger partial charge in [0.2, 0.25) is 5.91 Å². The first-order chi connectivity index (χ1) is 13.8. The second-order valence-electron chi connectivity index (χ2n) is 8.41. The lowest BCUT2D eigenvalue weighted by molar-refractivity contribution is -0.142. The molecule has 0 bridgehead atoms. The molecule has 4 rings (SSSR count).